The zero-order valence-corrected chi connectivity index (χ0v) is 14.2. The number of benzene rings is 1. The minimum atomic E-state index is -0.0399. The molecule has 1 amide bonds. The number of thioether (sulfide) groups is 1. The van der Waals surface area contributed by atoms with E-state index in [1.54, 1.807) is 13.2 Å². The summed E-state index contributed by atoms with van der Waals surface area (Å²) in [6.45, 7) is 0. The fourth-order valence-corrected chi connectivity index (χ4v) is 3.64. The Hall–Kier alpha value is -0.680. The van der Waals surface area contributed by atoms with Crippen LogP contribution in [0, 0.1) is 0 Å². The molecule has 0 saturated heterocycles. The van der Waals surface area contributed by atoms with Gasteiger partial charge in [-0.25, -0.2) is 0 Å². The van der Waals surface area contributed by atoms with Gasteiger partial charge in [-0.15, -0.1) is 0 Å². The van der Waals surface area contributed by atoms with E-state index >= 15 is 0 Å². The zero-order chi connectivity index (χ0) is 14.5. The van der Waals surface area contributed by atoms with E-state index in [0.29, 0.717) is 17.4 Å². The van der Waals surface area contributed by atoms with Crippen molar-refractivity contribution in [3.63, 3.8) is 0 Å². The summed E-state index contributed by atoms with van der Waals surface area (Å²) < 4.78 is 6.19. The molecule has 1 saturated carbocycles. The molecule has 0 aromatic heterocycles. The van der Waals surface area contributed by atoms with Crippen LogP contribution in [-0.2, 0) is 0 Å². The molecule has 0 bridgehead atoms. The highest BCUT2D eigenvalue weighted by molar-refractivity contribution is 9.10. The molecule has 0 aliphatic heterocycles. The molecule has 0 unspecified atom stereocenters. The summed E-state index contributed by atoms with van der Waals surface area (Å²) >= 11 is 5.32. The van der Waals surface area contributed by atoms with Crippen LogP contribution in [0.3, 0.4) is 0 Å². The zero-order valence-electron chi connectivity index (χ0n) is 11.8. The van der Waals surface area contributed by atoms with Gasteiger partial charge in [0, 0.05) is 15.8 Å². The molecule has 1 aliphatic carbocycles. The van der Waals surface area contributed by atoms with E-state index < -0.39 is 0 Å². The number of ether oxygens (including phenoxy) is 1. The molecule has 110 valence electrons. The van der Waals surface area contributed by atoms with Gasteiger partial charge in [0.2, 0.25) is 0 Å². The maximum absolute atomic E-state index is 12.3. The van der Waals surface area contributed by atoms with E-state index in [1.807, 2.05) is 23.9 Å². The molecule has 0 heterocycles. The highest BCUT2D eigenvalue weighted by Crippen LogP contribution is 2.28. The number of rotatable bonds is 4. The number of nitrogens with one attached hydrogen (secondary N) is 1. The van der Waals surface area contributed by atoms with Crippen LogP contribution < -0.4 is 10.1 Å². The molecule has 1 fully saturated rings. The van der Waals surface area contributed by atoms with E-state index in [9.17, 15) is 4.79 Å². The monoisotopic (exact) mass is 357 g/mol. The molecule has 1 N–H and O–H groups in total. The highest BCUT2D eigenvalue weighted by atomic mass is 79.9. The summed E-state index contributed by atoms with van der Waals surface area (Å²) in [5.41, 5.74) is 0.600. The number of amides is 1. The molecule has 1 aromatic rings. The Morgan fingerprint density at radius 3 is 2.65 bits per heavy atom. The lowest BCUT2D eigenvalue weighted by atomic mass is 9.94. The number of methoxy groups -OCH3 is 1. The first-order chi connectivity index (χ1) is 9.63. The van der Waals surface area contributed by atoms with Crippen LogP contribution in [0.4, 0.5) is 0 Å². The van der Waals surface area contributed by atoms with Gasteiger partial charge in [0.1, 0.15) is 5.75 Å². The number of hydrogen-bond acceptors (Lipinski definition) is 3. The number of carbonyl (C=O) groups is 1. The van der Waals surface area contributed by atoms with Gasteiger partial charge < -0.3 is 10.1 Å². The minimum absolute atomic E-state index is 0.0399. The first-order valence-corrected chi connectivity index (χ1v) is 8.89. The largest absolute Gasteiger partial charge is 0.496 e. The Morgan fingerprint density at radius 2 is 2.05 bits per heavy atom. The standard InChI is InChI=1S/C15H20BrNO2S/c1-19-14-9-10(16)3-8-13(14)15(18)17-11-4-6-12(20-2)7-5-11/h3,8-9,11-12H,4-7H2,1-2H3,(H,17,18). The van der Waals surface area contributed by atoms with E-state index in [1.165, 1.54) is 12.8 Å². The van der Waals surface area contributed by atoms with Crippen molar-refractivity contribution in [1.82, 2.24) is 5.32 Å². The Bertz CT molecular complexity index is 473. The highest BCUT2D eigenvalue weighted by Gasteiger charge is 2.23. The normalized spacial score (nSPS) is 22.4. The van der Waals surface area contributed by atoms with Crippen molar-refractivity contribution in [3.8, 4) is 5.75 Å². The van der Waals surface area contributed by atoms with Gasteiger partial charge in [-0.1, -0.05) is 15.9 Å². The molecule has 0 atom stereocenters. The van der Waals surface area contributed by atoms with Crippen LogP contribution in [0.25, 0.3) is 0 Å². The number of halogens is 1. The van der Waals surface area contributed by atoms with Gasteiger partial charge in [-0.2, -0.15) is 11.8 Å². The third kappa shape index (κ3) is 3.92. The third-order valence-electron chi connectivity index (χ3n) is 3.75. The fraction of sp³-hybridized carbons (Fsp3) is 0.533. The van der Waals surface area contributed by atoms with Crippen LogP contribution in [-0.4, -0.2) is 30.6 Å². The Labute approximate surface area is 133 Å². The summed E-state index contributed by atoms with van der Waals surface area (Å²) in [7, 11) is 1.59. The maximum Gasteiger partial charge on any atom is 0.255 e. The van der Waals surface area contributed by atoms with Gasteiger partial charge in [0.15, 0.2) is 0 Å². The van der Waals surface area contributed by atoms with Crippen LogP contribution in [0.5, 0.6) is 5.75 Å². The Balaban J connectivity index is 1.98. The summed E-state index contributed by atoms with van der Waals surface area (Å²) in [6, 6.07) is 5.77. The fourth-order valence-electron chi connectivity index (χ4n) is 2.56. The second-order valence-corrected chi connectivity index (χ2v) is 7.08. The van der Waals surface area contributed by atoms with Crippen molar-refractivity contribution in [2.24, 2.45) is 0 Å². The maximum atomic E-state index is 12.3. The molecule has 0 radical (unpaired) electrons. The second kappa shape index (κ2) is 7.36. The number of hydrogen-bond donors (Lipinski definition) is 1. The van der Waals surface area contributed by atoms with Crippen molar-refractivity contribution in [2.45, 2.75) is 37.0 Å². The molecule has 1 aromatic carbocycles. The van der Waals surface area contributed by atoms with Crippen molar-refractivity contribution >= 4 is 33.6 Å². The first-order valence-electron chi connectivity index (χ1n) is 6.81. The smallest absolute Gasteiger partial charge is 0.255 e. The average Bonchev–Trinajstić information content (AvgIpc) is 2.47. The van der Waals surface area contributed by atoms with E-state index in [2.05, 4.69) is 27.5 Å². The van der Waals surface area contributed by atoms with Crippen molar-refractivity contribution in [2.75, 3.05) is 13.4 Å². The van der Waals surface area contributed by atoms with Gasteiger partial charge in [-0.3, -0.25) is 4.79 Å². The summed E-state index contributed by atoms with van der Waals surface area (Å²) in [6.07, 6.45) is 6.66. The quantitative estimate of drug-likeness (QED) is 0.888. The second-order valence-electron chi connectivity index (χ2n) is 5.03. The molecular weight excluding hydrogens is 338 g/mol. The lowest BCUT2D eigenvalue weighted by Crippen LogP contribution is -2.38. The lowest BCUT2D eigenvalue weighted by molar-refractivity contribution is 0.0925. The van der Waals surface area contributed by atoms with Crippen LogP contribution in [0.2, 0.25) is 0 Å². The molecule has 20 heavy (non-hydrogen) atoms. The van der Waals surface area contributed by atoms with Gasteiger partial charge >= 0.3 is 0 Å². The minimum Gasteiger partial charge on any atom is -0.496 e. The van der Waals surface area contributed by atoms with E-state index in [4.69, 9.17) is 4.74 Å². The Morgan fingerprint density at radius 1 is 1.35 bits per heavy atom. The predicted octanol–water partition coefficient (Wildman–Crippen LogP) is 3.86. The van der Waals surface area contributed by atoms with Crippen molar-refractivity contribution in [3.05, 3.63) is 28.2 Å². The SMILES string of the molecule is COc1cc(Br)ccc1C(=O)NC1CCC(SC)CC1. The van der Waals surface area contributed by atoms with Gasteiger partial charge in [-0.05, 0) is 50.1 Å². The summed E-state index contributed by atoms with van der Waals surface area (Å²) in [5, 5.41) is 3.89. The molecule has 3 nitrogen and oxygen atoms in total. The van der Waals surface area contributed by atoms with Crippen LogP contribution >= 0.6 is 27.7 Å². The predicted molar refractivity (Wildman–Crippen MR) is 87.7 cm³/mol. The van der Waals surface area contributed by atoms with Crippen molar-refractivity contribution in [1.29, 1.82) is 0 Å². The van der Waals surface area contributed by atoms with E-state index in [0.717, 1.165) is 22.6 Å². The van der Waals surface area contributed by atoms with Crippen LogP contribution in [0.1, 0.15) is 36.0 Å². The van der Waals surface area contributed by atoms with Gasteiger partial charge in [0.25, 0.3) is 5.91 Å². The van der Waals surface area contributed by atoms with Crippen molar-refractivity contribution < 1.29 is 9.53 Å². The molecule has 0 spiro atoms. The third-order valence-corrected chi connectivity index (χ3v) is 5.38. The Kier molecular flexibility index (Phi) is 5.78. The summed E-state index contributed by atoms with van der Waals surface area (Å²) in [5.74, 6) is 0.566. The summed E-state index contributed by atoms with van der Waals surface area (Å²) in [4.78, 5) is 12.3. The topological polar surface area (TPSA) is 38.3 Å². The molecular formula is C15H20BrNO2S. The lowest BCUT2D eigenvalue weighted by Gasteiger charge is -2.28. The van der Waals surface area contributed by atoms with Gasteiger partial charge in [0.05, 0.1) is 12.7 Å². The number of carbonyl (C=O) groups excluding carboxylic acids is 1. The average molecular weight is 358 g/mol. The molecule has 5 heteroatoms. The first kappa shape index (κ1) is 15.7. The molecule has 2 rings (SSSR count). The van der Waals surface area contributed by atoms with Crippen LogP contribution in [0.15, 0.2) is 22.7 Å². The molecule has 1 aliphatic rings. The van der Waals surface area contributed by atoms with E-state index in [-0.39, 0.29) is 5.91 Å².